The second kappa shape index (κ2) is 10.4. The zero-order valence-corrected chi connectivity index (χ0v) is 20.1. The van der Waals surface area contributed by atoms with E-state index in [1.54, 1.807) is 24.3 Å². The fourth-order valence-corrected chi connectivity index (χ4v) is 5.01. The molecule has 0 aliphatic carbocycles. The minimum absolute atomic E-state index is 0.108. The SMILES string of the molecule is N#CN=C1CCOCCN1c1ccc(NC(=O)[C@]2(NC(=O)c3ccc(Br)s3)CCOC2)cc1. The monoisotopic (exact) mass is 531 g/mol. The summed E-state index contributed by atoms with van der Waals surface area (Å²) in [6.45, 7) is 2.13. The summed E-state index contributed by atoms with van der Waals surface area (Å²) in [5.74, 6) is 0.0118. The highest BCUT2D eigenvalue weighted by Crippen LogP contribution is 2.26. The van der Waals surface area contributed by atoms with E-state index in [0.29, 0.717) is 55.6 Å². The molecule has 0 unspecified atom stereocenters. The zero-order valence-electron chi connectivity index (χ0n) is 17.7. The van der Waals surface area contributed by atoms with Crippen LogP contribution in [0.2, 0.25) is 0 Å². The number of benzene rings is 1. The number of hydrogen-bond acceptors (Lipinski definition) is 7. The fourth-order valence-electron chi connectivity index (χ4n) is 3.73. The molecule has 1 aromatic heterocycles. The van der Waals surface area contributed by atoms with E-state index in [9.17, 15) is 9.59 Å². The average Bonchev–Trinajstić information content (AvgIpc) is 3.40. The highest BCUT2D eigenvalue weighted by Gasteiger charge is 2.44. The van der Waals surface area contributed by atoms with Crippen molar-refractivity contribution in [3.05, 3.63) is 45.1 Å². The first-order valence-corrected chi connectivity index (χ1v) is 12.0. The molecule has 1 atom stereocenters. The highest BCUT2D eigenvalue weighted by molar-refractivity contribution is 9.11. The largest absolute Gasteiger partial charge is 0.379 e. The highest BCUT2D eigenvalue weighted by atomic mass is 79.9. The molecule has 4 rings (SSSR count). The fraction of sp³-hybridized carbons (Fsp3) is 0.364. The van der Waals surface area contributed by atoms with Gasteiger partial charge in [-0.1, -0.05) is 0 Å². The van der Waals surface area contributed by atoms with Crippen molar-refractivity contribution in [3.63, 3.8) is 0 Å². The summed E-state index contributed by atoms with van der Waals surface area (Å²) in [6.07, 6.45) is 2.79. The summed E-state index contributed by atoms with van der Waals surface area (Å²) in [5, 5.41) is 14.8. The summed E-state index contributed by atoms with van der Waals surface area (Å²) < 4.78 is 11.8. The Hall–Kier alpha value is -2.78. The van der Waals surface area contributed by atoms with Crippen molar-refractivity contribution in [2.24, 2.45) is 4.99 Å². The van der Waals surface area contributed by atoms with Crippen LogP contribution in [0.5, 0.6) is 0 Å². The van der Waals surface area contributed by atoms with Crippen molar-refractivity contribution in [2.45, 2.75) is 18.4 Å². The van der Waals surface area contributed by atoms with Gasteiger partial charge in [-0.2, -0.15) is 10.3 Å². The van der Waals surface area contributed by atoms with Crippen LogP contribution < -0.4 is 15.5 Å². The van der Waals surface area contributed by atoms with Crippen LogP contribution in [0.25, 0.3) is 0 Å². The third-order valence-corrected chi connectivity index (χ3v) is 7.09. The van der Waals surface area contributed by atoms with Gasteiger partial charge in [-0.25, -0.2) is 0 Å². The lowest BCUT2D eigenvalue weighted by Crippen LogP contribution is -2.57. The lowest BCUT2D eigenvalue weighted by Gasteiger charge is -2.27. The molecule has 11 heteroatoms. The Bertz CT molecular complexity index is 1090. The number of thiophene rings is 1. The van der Waals surface area contributed by atoms with Gasteiger partial charge < -0.3 is 25.0 Å². The third kappa shape index (κ3) is 5.42. The third-order valence-electron chi connectivity index (χ3n) is 5.46. The van der Waals surface area contributed by atoms with Crippen LogP contribution in [0.15, 0.2) is 45.2 Å². The molecule has 2 fully saturated rings. The minimum Gasteiger partial charge on any atom is -0.379 e. The lowest BCUT2D eigenvalue weighted by atomic mass is 9.97. The molecule has 2 N–H and O–H groups in total. The molecule has 0 bridgehead atoms. The molecular weight excluding hydrogens is 510 g/mol. The zero-order chi connectivity index (χ0) is 23.3. The van der Waals surface area contributed by atoms with Crippen molar-refractivity contribution in [3.8, 4) is 6.19 Å². The molecule has 3 heterocycles. The molecule has 2 amide bonds. The van der Waals surface area contributed by atoms with Crippen LogP contribution in [-0.2, 0) is 14.3 Å². The van der Waals surface area contributed by atoms with Gasteiger partial charge in [0.2, 0.25) is 6.19 Å². The normalized spacial score (nSPS) is 21.9. The van der Waals surface area contributed by atoms with E-state index in [0.717, 1.165) is 9.47 Å². The van der Waals surface area contributed by atoms with Gasteiger partial charge in [0.1, 0.15) is 11.4 Å². The van der Waals surface area contributed by atoms with Crippen molar-refractivity contribution in [1.29, 1.82) is 5.26 Å². The van der Waals surface area contributed by atoms with Gasteiger partial charge in [0, 0.05) is 37.4 Å². The summed E-state index contributed by atoms with van der Waals surface area (Å²) in [5.41, 5.74) is 0.303. The lowest BCUT2D eigenvalue weighted by molar-refractivity contribution is -0.122. The number of rotatable bonds is 5. The second-order valence-corrected chi connectivity index (χ2v) is 10.0. The molecule has 172 valence electrons. The number of hydrogen-bond donors (Lipinski definition) is 2. The van der Waals surface area contributed by atoms with Crippen LogP contribution in [0.1, 0.15) is 22.5 Å². The molecule has 9 nitrogen and oxygen atoms in total. The van der Waals surface area contributed by atoms with E-state index in [1.807, 2.05) is 23.2 Å². The van der Waals surface area contributed by atoms with Gasteiger partial charge >= 0.3 is 0 Å². The van der Waals surface area contributed by atoms with E-state index >= 15 is 0 Å². The Morgan fingerprint density at radius 2 is 1.97 bits per heavy atom. The molecule has 2 aliphatic rings. The van der Waals surface area contributed by atoms with E-state index in [-0.39, 0.29) is 18.4 Å². The van der Waals surface area contributed by atoms with Gasteiger partial charge in [-0.15, -0.1) is 11.3 Å². The molecule has 0 radical (unpaired) electrons. The van der Waals surface area contributed by atoms with Crippen LogP contribution in [0.3, 0.4) is 0 Å². The Balaban J connectivity index is 1.47. The van der Waals surface area contributed by atoms with E-state index in [2.05, 4.69) is 31.6 Å². The first-order valence-electron chi connectivity index (χ1n) is 10.4. The first kappa shape index (κ1) is 23.4. The maximum Gasteiger partial charge on any atom is 0.262 e. The molecule has 0 spiro atoms. The molecule has 2 aromatic rings. The van der Waals surface area contributed by atoms with Gasteiger partial charge in [0.15, 0.2) is 0 Å². The Kier molecular flexibility index (Phi) is 7.39. The summed E-state index contributed by atoms with van der Waals surface area (Å²) >= 11 is 4.65. The quantitative estimate of drug-likeness (QED) is 0.572. The van der Waals surface area contributed by atoms with Crippen LogP contribution in [0, 0.1) is 11.5 Å². The standard InChI is InChI=1S/C22H22BrN5O4S/c23-18-6-5-17(33-18)20(29)27-22(8-11-32-13-22)21(30)26-15-1-3-16(4-2-15)28-9-12-31-10-7-19(28)25-14-24/h1-6H,7-13H2,(H,26,30)(H,27,29)/t22-/m0/s1. The number of nitriles is 1. The Morgan fingerprint density at radius 1 is 1.15 bits per heavy atom. The van der Waals surface area contributed by atoms with Crippen molar-refractivity contribution in [2.75, 3.05) is 43.2 Å². The van der Waals surface area contributed by atoms with Crippen LogP contribution in [0.4, 0.5) is 11.4 Å². The van der Waals surface area contributed by atoms with Crippen molar-refractivity contribution in [1.82, 2.24) is 5.32 Å². The number of halogens is 1. The average molecular weight is 532 g/mol. The predicted octanol–water partition coefficient (Wildman–Crippen LogP) is 3.14. The number of nitrogens with one attached hydrogen (secondary N) is 2. The van der Waals surface area contributed by atoms with Gasteiger partial charge in [-0.3, -0.25) is 9.59 Å². The van der Waals surface area contributed by atoms with Crippen LogP contribution in [-0.4, -0.2) is 56.2 Å². The minimum atomic E-state index is -1.14. The van der Waals surface area contributed by atoms with Gasteiger partial charge in [0.05, 0.1) is 28.5 Å². The molecule has 2 saturated heterocycles. The molecule has 0 saturated carbocycles. The maximum atomic E-state index is 13.2. The molecule has 33 heavy (non-hydrogen) atoms. The van der Waals surface area contributed by atoms with Gasteiger partial charge in [0.25, 0.3) is 11.8 Å². The summed E-state index contributed by atoms with van der Waals surface area (Å²) in [7, 11) is 0. The smallest absolute Gasteiger partial charge is 0.262 e. The van der Waals surface area contributed by atoms with E-state index in [1.165, 1.54) is 11.3 Å². The van der Waals surface area contributed by atoms with Crippen molar-refractivity contribution < 1.29 is 19.1 Å². The number of carbonyl (C=O) groups excluding carboxylic acids is 2. The van der Waals surface area contributed by atoms with E-state index in [4.69, 9.17) is 14.7 Å². The number of ether oxygens (including phenoxy) is 2. The number of anilines is 2. The summed E-state index contributed by atoms with van der Waals surface area (Å²) in [6, 6.07) is 10.8. The number of carbonyl (C=O) groups is 2. The number of nitrogens with zero attached hydrogens (tertiary/aromatic N) is 3. The molecule has 1 aromatic carbocycles. The van der Waals surface area contributed by atoms with Crippen molar-refractivity contribution >= 4 is 56.3 Å². The van der Waals surface area contributed by atoms with E-state index < -0.39 is 5.54 Å². The summed E-state index contributed by atoms with van der Waals surface area (Å²) in [4.78, 5) is 32.3. The number of aliphatic imine (C=N–C) groups is 1. The first-order chi connectivity index (χ1) is 16.0. The Labute approximate surface area is 203 Å². The number of amides is 2. The molecular formula is C22H22BrN5O4S. The number of amidine groups is 1. The topological polar surface area (TPSA) is 116 Å². The predicted molar refractivity (Wildman–Crippen MR) is 129 cm³/mol. The van der Waals surface area contributed by atoms with Gasteiger partial charge in [-0.05, 0) is 52.3 Å². The Morgan fingerprint density at radius 3 is 2.64 bits per heavy atom. The van der Waals surface area contributed by atoms with Crippen LogP contribution >= 0.6 is 27.3 Å². The molecule has 2 aliphatic heterocycles. The maximum absolute atomic E-state index is 13.2. The second-order valence-electron chi connectivity index (χ2n) is 7.59.